The maximum atomic E-state index is 5.60. The van der Waals surface area contributed by atoms with Gasteiger partial charge in [-0.3, -0.25) is 0 Å². The minimum absolute atomic E-state index is 0.0209. The van der Waals surface area contributed by atoms with E-state index in [4.69, 9.17) is 19.9 Å². The molecule has 2 rings (SSSR count). The van der Waals surface area contributed by atoms with Crippen molar-refractivity contribution in [2.75, 3.05) is 25.7 Å². The van der Waals surface area contributed by atoms with Crippen molar-refractivity contribution < 1.29 is 14.2 Å². The molecule has 76 valence electrons. The molecular formula is C10H13NO3. The van der Waals surface area contributed by atoms with Gasteiger partial charge in [0.1, 0.15) is 18.6 Å². The molecule has 1 aromatic rings. The molecule has 2 N–H and O–H groups in total. The van der Waals surface area contributed by atoms with E-state index in [0.29, 0.717) is 20.0 Å². The van der Waals surface area contributed by atoms with E-state index >= 15 is 0 Å². The van der Waals surface area contributed by atoms with Crippen molar-refractivity contribution in [3.8, 4) is 5.75 Å². The maximum absolute atomic E-state index is 5.60. The highest BCUT2D eigenvalue weighted by atomic mass is 16.7. The van der Waals surface area contributed by atoms with Crippen LogP contribution in [0.25, 0.3) is 0 Å². The Kier molecular flexibility index (Phi) is 2.86. The Labute approximate surface area is 82.6 Å². The van der Waals surface area contributed by atoms with Crippen molar-refractivity contribution in [3.63, 3.8) is 0 Å². The molecular weight excluding hydrogens is 182 g/mol. The highest BCUT2D eigenvalue weighted by Crippen LogP contribution is 2.15. The Morgan fingerprint density at radius 1 is 1.14 bits per heavy atom. The summed E-state index contributed by atoms with van der Waals surface area (Å²) in [4.78, 5) is 0. The van der Waals surface area contributed by atoms with Gasteiger partial charge in [0.25, 0.3) is 0 Å². The van der Waals surface area contributed by atoms with Gasteiger partial charge in [0.2, 0.25) is 0 Å². The van der Waals surface area contributed by atoms with Crippen LogP contribution in [-0.2, 0) is 9.47 Å². The Morgan fingerprint density at radius 3 is 2.43 bits per heavy atom. The molecule has 0 spiro atoms. The molecule has 0 bridgehead atoms. The van der Waals surface area contributed by atoms with Crippen molar-refractivity contribution in [3.05, 3.63) is 24.3 Å². The lowest BCUT2D eigenvalue weighted by atomic mass is 10.3. The fourth-order valence-electron chi connectivity index (χ4n) is 1.27. The number of rotatable bonds is 2. The molecule has 0 aliphatic carbocycles. The number of ether oxygens (including phenoxy) is 3. The predicted octanol–water partition coefficient (Wildman–Crippen LogP) is 1.02. The number of anilines is 1. The molecule has 4 heteroatoms. The van der Waals surface area contributed by atoms with E-state index in [2.05, 4.69) is 0 Å². The van der Waals surface area contributed by atoms with Crippen LogP contribution in [0.5, 0.6) is 5.75 Å². The Bertz CT molecular complexity index is 280. The van der Waals surface area contributed by atoms with Gasteiger partial charge in [-0.15, -0.1) is 0 Å². The van der Waals surface area contributed by atoms with Crippen molar-refractivity contribution in [1.29, 1.82) is 0 Å². The molecule has 0 atom stereocenters. The summed E-state index contributed by atoms with van der Waals surface area (Å²) in [6.45, 7) is 1.51. The molecule has 14 heavy (non-hydrogen) atoms. The lowest BCUT2D eigenvalue weighted by Gasteiger charge is -2.23. The largest absolute Gasteiger partial charge is 0.486 e. The molecule has 0 saturated carbocycles. The molecule has 0 radical (unpaired) electrons. The quantitative estimate of drug-likeness (QED) is 0.716. The van der Waals surface area contributed by atoms with Crippen LogP contribution in [0.15, 0.2) is 24.3 Å². The van der Waals surface area contributed by atoms with E-state index < -0.39 is 0 Å². The monoisotopic (exact) mass is 195 g/mol. The van der Waals surface area contributed by atoms with Gasteiger partial charge in [0.15, 0.2) is 0 Å². The van der Waals surface area contributed by atoms with Crippen molar-refractivity contribution in [2.24, 2.45) is 0 Å². The molecule has 4 nitrogen and oxygen atoms in total. The summed E-state index contributed by atoms with van der Waals surface area (Å²) < 4.78 is 15.8. The van der Waals surface area contributed by atoms with Gasteiger partial charge in [0, 0.05) is 5.69 Å². The highest BCUT2D eigenvalue weighted by Gasteiger charge is 2.15. The van der Waals surface area contributed by atoms with Crippen LogP contribution in [0.2, 0.25) is 0 Å². The lowest BCUT2D eigenvalue weighted by molar-refractivity contribution is -0.143. The Hall–Kier alpha value is -1.26. The van der Waals surface area contributed by atoms with Gasteiger partial charge in [-0.25, -0.2) is 0 Å². The van der Waals surface area contributed by atoms with Gasteiger partial charge in [0.05, 0.1) is 13.2 Å². The average molecular weight is 195 g/mol. The predicted molar refractivity (Wildman–Crippen MR) is 52.0 cm³/mol. The van der Waals surface area contributed by atoms with Crippen LogP contribution in [0, 0.1) is 0 Å². The molecule has 1 heterocycles. The van der Waals surface area contributed by atoms with Gasteiger partial charge in [-0.2, -0.15) is 0 Å². The standard InChI is InChI=1S/C10H13NO3/c11-8-1-3-9(4-2-8)14-10-5-12-7-13-6-10/h1-4,10H,5-7,11H2. The zero-order valence-corrected chi connectivity index (χ0v) is 7.81. The third-order valence-corrected chi connectivity index (χ3v) is 1.96. The summed E-state index contributed by atoms with van der Waals surface area (Å²) in [5.74, 6) is 0.790. The minimum Gasteiger partial charge on any atom is -0.486 e. The first-order valence-electron chi connectivity index (χ1n) is 4.52. The topological polar surface area (TPSA) is 53.7 Å². The van der Waals surface area contributed by atoms with E-state index in [9.17, 15) is 0 Å². The first-order chi connectivity index (χ1) is 6.84. The second-order valence-electron chi connectivity index (χ2n) is 3.17. The average Bonchev–Trinajstić information content (AvgIpc) is 2.23. The van der Waals surface area contributed by atoms with Gasteiger partial charge in [-0.05, 0) is 24.3 Å². The number of benzene rings is 1. The number of hydrogen-bond acceptors (Lipinski definition) is 4. The van der Waals surface area contributed by atoms with E-state index in [1.807, 2.05) is 12.1 Å². The second kappa shape index (κ2) is 4.30. The fourth-order valence-corrected chi connectivity index (χ4v) is 1.27. The third kappa shape index (κ3) is 2.37. The smallest absolute Gasteiger partial charge is 0.147 e. The SMILES string of the molecule is Nc1ccc(OC2COCOC2)cc1. The second-order valence-corrected chi connectivity index (χ2v) is 3.17. The molecule has 1 aromatic carbocycles. The van der Waals surface area contributed by atoms with Crippen molar-refractivity contribution >= 4 is 5.69 Å². The summed E-state index contributed by atoms with van der Waals surface area (Å²) in [5.41, 5.74) is 6.28. The van der Waals surface area contributed by atoms with E-state index in [-0.39, 0.29) is 6.10 Å². The first kappa shape index (κ1) is 9.30. The van der Waals surface area contributed by atoms with Crippen molar-refractivity contribution in [1.82, 2.24) is 0 Å². The molecule has 1 saturated heterocycles. The molecule has 0 amide bonds. The van der Waals surface area contributed by atoms with Gasteiger partial charge < -0.3 is 19.9 Å². The minimum atomic E-state index is -0.0209. The summed E-state index contributed by atoms with van der Waals surface area (Å²) in [7, 11) is 0. The molecule has 0 unspecified atom stereocenters. The van der Waals surface area contributed by atoms with Crippen LogP contribution in [0.1, 0.15) is 0 Å². The van der Waals surface area contributed by atoms with Crippen LogP contribution in [-0.4, -0.2) is 26.1 Å². The summed E-state index contributed by atoms with van der Waals surface area (Å²) in [6.07, 6.45) is -0.0209. The van der Waals surface area contributed by atoms with Crippen LogP contribution >= 0.6 is 0 Å². The number of hydrogen-bond donors (Lipinski definition) is 1. The third-order valence-electron chi connectivity index (χ3n) is 1.96. The molecule has 1 fully saturated rings. The van der Waals surface area contributed by atoms with Crippen LogP contribution in [0.3, 0.4) is 0 Å². The summed E-state index contributed by atoms with van der Waals surface area (Å²) in [5, 5.41) is 0. The van der Waals surface area contributed by atoms with Crippen molar-refractivity contribution in [2.45, 2.75) is 6.10 Å². The zero-order chi connectivity index (χ0) is 9.80. The summed E-state index contributed by atoms with van der Waals surface area (Å²) >= 11 is 0. The van der Waals surface area contributed by atoms with Crippen LogP contribution in [0.4, 0.5) is 5.69 Å². The normalized spacial score (nSPS) is 18.0. The Balaban J connectivity index is 1.92. The highest BCUT2D eigenvalue weighted by molar-refractivity contribution is 5.41. The number of nitrogens with two attached hydrogens (primary N) is 1. The maximum Gasteiger partial charge on any atom is 0.147 e. The summed E-state index contributed by atoms with van der Waals surface area (Å²) in [6, 6.07) is 7.29. The van der Waals surface area contributed by atoms with E-state index in [1.165, 1.54) is 0 Å². The fraction of sp³-hybridized carbons (Fsp3) is 0.400. The Morgan fingerprint density at radius 2 is 1.79 bits per heavy atom. The lowest BCUT2D eigenvalue weighted by Crippen LogP contribution is -2.33. The van der Waals surface area contributed by atoms with Gasteiger partial charge in [-0.1, -0.05) is 0 Å². The number of nitrogen functional groups attached to an aromatic ring is 1. The van der Waals surface area contributed by atoms with Gasteiger partial charge >= 0.3 is 0 Å². The molecule has 1 aliphatic heterocycles. The molecule has 1 aliphatic rings. The first-order valence-corrected chi connectivity index (χ1v) is 4.52. The zero-order valence-electron chi connectivity index (χ0n) is 7.81. The molecule has 0 aromatic heterocycles. The van der Waals surface area contributed by atoms with E-state index in [0.717, 1.165) is 11.4 Å². The van der Waals surface area contributed by atoms with Crippen LogP contribution < -0.4 is 10.5 Å². The van der Waals surface area contributed by atoms with E-state index in [1.54, 1.807) is 12.1 Å².